The predicted molar refractivity (Wildman–Crippen MR) is 298 cm³/mol. The van der Waals surface area contributed by atoms with Gasteiger partial charge in [-0.05, 0) is 198 Å². The van der Waals surface area contributed by atoms with Gasteiger partial charge in [-0.15, -0.1) is 0 Å². The van der Waals surface area contributed by atoms with Gasteiger partial charge < -0.3 is 9.32 Å². The minimum atomic E-state index is -0.127. The number of rotatable bonds is 2. The quantitative estimate of drug-likeness (QED) is 0.161. The first-order valence-electron chi connectivity index (χ1n) is 26.7. The second-order valence-corrected chi connectivity index (χ2v) is 28.7. The molecule has 0 unspecified atom stereocenters. The minimum absolute atomic E-state index is 0.0230. The normalized spacial score (nSPS) is 20.9. The van der Waals surface area contributed by atoms with Crippen molar-refractivity contribution in [2.75, 3.05) is 9.80 Å². The molecule has 3 nitrogen and oxygen atoms in total. The van der Waals surface area contributed by atoms with Crippen LogP contribution in [0.3, 0.4) is 0 Å². The predicted octanol–water partition coefficient (Wildman–Crippen LogP) is 16.5. The summed E-state index contributed by atoms with van der Waals surface area (Å²) in [5.41, 5.74) is 24.5. The number of hydrogen-bond acceptors (Lipinski definition) is 3. The molecule has 0 atom stereocenters. The van der Waals surface area contributed by atoms with Gasteiger partial charge in [0.15, 0.2) is 0 Å². The van der Waals surface area contributed by atoms with Gasteiger partial charge in [-0.1, -0.05) is 149 Å². The van der Waals surface area contributed by atoms with Crippen molar-refractivity contribution < 1.29 is 4.42 Å². The van der Waals surface area contributed by atoms with E-state index in [-0.39, 0.29) is 50.0 Å². The molecule has 3 heterocycles. The highest BCUT2D eigenvalue weighted by atomic mass is 16.4. The first kappa shape index (κ1) is 46.7. The zero-order chi connectivity index (χ0) is 49.7. The second-order valence-electron chi connectivity index (χ2n) is 28.7. The van der Waals surface area contributed by atoms with Crippen LogP contribution in [0.25, 0.3) is 11.0 Å². The Morgan fingerprint density at radius 3 is 1.45 bits per heavy atom. The second kappa shape index (κ2) is 14.3. The molecule has 0 fully saturated rings. The maximum absolute atomic E-state index is 7.65. The van der Waals surface area contributed by atoms with Crippen molar-refractivity contribution in [3.63, 3.8) is 0 Å². The highest BCUT2D eigenvalue weighted by Crippen LogP contribution is 2.55. The summed E-state index contributed by atoms with van der Waals surface area (Å²) in [4.78, 5) is 5.29. The zero-order valence-electron chi connectivity index (χ0n) is 46.1. The lowest BCUT2D eigenvalue weighted by molar-refractivity contribution is 0.332. The van der Waals surface area contributed by atoms with Crippen molar-refractivity contribution in [3.8, 4) is 0 Å². The number of anilines is 6. The van der Waals surface area contributed by atoms with Gasteiger partial charge in [-0.25, -0.2) is 0 Å². The van der Waals surface area contributed by atoms with Crippen LogP contribution < -0.4 is 26.2 Å². The summed E-state index contributed by atoms with van der Waals surface area (Å²) in [6.07, 6.45) is 7.04. The molecular weight excluding hydrogens is 836 g/mol. The molecule has 5 aromatic carbocycles. The number of fused-ring (bicyclic) bond motifs is 9. The molecule has 1 aromatic heterocycles. The standard InChI is InChI=1S/C65H81BN2O/c1-38-30-39(58(2,3)4)20-23-50(38)68-53-32-40(59(5,6)7)31-52-56(53)66(55-42-34-45-48(37-54(42)69-57(55)68)65(18,19)29-26-62(45,12)13)49-35-46-47(64(16,17)28-27-63(46,14)15)36-51(49)67(52)41-21-22-43-44(33-41)61(10,11)25-24-60(43,8)9/h20-23,30-37H,24-29H2,1-19H3. The third-order valence-corrected chi connectivity index (χ3v) is 18.9. The van der Waals surface area contributed by atoms with Crippen molar-refractivity contribution >= 4 is 68.4 Å². The van der Waals surface area contributed by atoms with Gasteiger partial charge in [0.25, 0.3) is 6.71 Å². The average molecular weight is 917 g/mol. The molecule has 360 valence electrons. The molecule has 4 heteroatoms. The number of furan rings is 1. The van der Waals surface area contributed by atoms with Crippen molar-refractivity contribution in [1.82, 2.24) is 0 Å². The van der Waals surface area contributed by atoms with E-state index in [1.54, 1.807) is 0 Å². The molecule has 0 saturated carbocycles. The molecular formula is C65H81BN2O. The molecule has 3 aliphatic carbocycles. The smallest absolute Gasteiger partial charge is 0.257 e. The summed E-state index contributed by atoms with van der Waals surface area (Å²) >= 11 is 0. The van der Waals surface area contributed by atoms with Crippen molar-refractivity contribution in [3.05, 3.63) is 123 Å². The molecule has 0 amide bonds. The highest BCUT2D eigenvalue weighted by Gasteiger charge is 2.50. The number of hydrogen-bond donors (Lipinski definition) is 0. The number of benzene rings is 5. The minimum Gasteiger partial charge on any atom is -0.440 e. The summed E-state index contributed by atoms with van der Waals surface area (Å²) in [5.74, 6) is 0.971. The van der Waals surface area contributed by atoms with Gasteiger partial charge in [0.1, 0.15) is 5.58 Å². The Labute approximate surface area is 416 Å². The third-order valence-electron chi connectivity index (χ3n) is 18.9. The van der Waals surface area contributed by atoms with E-state index in [2.05, 4.69) is 214 Å². The molecule has 5 aliphatic rings. The Morgan fingerprint density at radius 2 is 0.913 bits per heavy atom. The van der Waals surface area contributed by atoms with E-state index in [0.29, 0.717) is 0 Å². The molecule has 69 heavy (non-hydrogen) atoms. The van der Waals surface area contributed by atoms with Gasteiger partial charge >= 0.3 is 0 Å². The maximum Gasteiger partial charge on any atom is 0.257 e. The SMILES string of the molecule is Cc1cc(C(C)(C)C)ccc1N1c2cc(C(C)(C)C)cc3c2B(c2cc4c(cc2N3c2ccc3c(c2)C(C)(C)CCC3(C)C)C(C)(C)CCC4(C)C)c2c1oc1cc3c(cc21)C(C)(C)CCC3(C)C. The van der Waals surface area contributed by atoms with E-state index in [4.69, 9.17) is 4.42 Å². The largest absolute Gasteiger partial charge is 0.440 e. The van der Waals surface area contributed by atoms with E-state index < -0.39 is 0 Å². The van der Waals surface area contributed by atoms with E-state index in [9.17, 15) is 0 Å². The lowest BCUT2D eigenvalue weighted by Crippen LogP contribution is -2.61. The monoisotopic (exact) mass is 917 g/mol. The van der Waals surface area contributed by atoms with Crippen LogP contribution in [0.4, 0.5) is 34.3 Å². The van der Waals surface area contributed by atoms with Gasteiger partial charge in [-0.2, -0.15) is 0 Å². The van der Waals surface area contributed by atoms with E-state index >= 15 is 0 Å². The van der Waals surface area contributed by atoms with Crippen molar-refractivity contribution in [2.45, 2.75) is 213 Å². The van der Waals surface area contributed by atoms with Crippen LogP contribution in [0.5, 0.6) is 0 Å². The molecule has 0 N–H and O–H groups in total. The molecule has 0 spiro atoms. The summed E-state index contributed by atoms with van der Waals surface area (Å²) in [6, 6.07) is 30.3. The highest BCUT2D eigenvalue weighted by molar-refractivity contribution is 7.01. The van der Waals surface area contributed by atoms with Crippen LogP contribution in [0.1, 0.15) is 213 Å². The van der Waals surface area contributed by atoms with Gasteiger partial charge in [0.05, 0.1) is 5.69 Å². The van der Waals surface area contributed by atoms with Crippen LogP contribution in [0.15, 0.2) is 77.2 Å². The first-order valence-corrected chi connectivity index (χ1v) is 26.7. The zero-order valence-corrected chi connectivity index (χ0v) is 46.1. The topological polar surface area (TPSA) is 19.6 Å². The molecule has 0 saturated heterocycles. The Morgan fingerprint density at radius 1 is 0.435 bits per heavy atom. The molecule has 0 radical (unpaired) electrons. The van der Waals surface area contributed by atoms with Gasteiger partial charge in [-0.3, -0.25) is 4.90 Å². The summed E-state index contributed by atoms with van der Waals surface area (Å²) in [7, 11) is 0. The van der Waals surface area contributed by atoms with Crippen LogP contribution in [0, 0.1) is 6.92 Å². The summed E-state index contributed by atoms with van der Waals surface area (Å²) in [5, 5.41) is 1.26. The number of aryl methyl sites for hydroxylation is 1. The fraction of sp³-hybridized carbons (Fsp3) is 0.508. The first-order chi connectivity index (χ1) is 31.8. The van der Waals surface area contributed by atoms with Gasteiger partial charge in [0.2, 0.25) is 5.88 Å². The Kier molecular flexibility index (Phi) is 9.64. The van der Waals surface area contributed by atoms with Crippen LogP contribution in [-0.4, -0.2) is 6.71 Å². The lowest BCUT2D eigenvalue weighted by atomic mass is 9.33. The molecule has 6 aromatic rings. The molecule has 0 bridgehead atoms. The Balaban J connectivity index is 1.32. The van der Waals surface area contributed by atoms with E-state index in [1.165, 1.54) is 132 Å². The summed E-state index contributed by atoms with van der Waals surface area (Å²) < 4.78 is 7.65. The van der Waals surface area contributed by atoms with E-state index in [0.717, 1.165) is 17.9 Å². The maximum atomic E-state index is 7.65. The lowest BCUT2D eigenvalue weighted by Gasteiger charge is -2.47. The van der Waals surface area contributed by atoms with E-state index in [1.807, 2.05) is 0 Å². The average Bonchev–Trinajstić information content (AvgIpc) is 3.62. The molecule has 2 aliphatic heterocycles. The van der Waals surface area contributed by atoms with Crippen molar-refractivity contribution in [1.29, 1.82) is 0 Å². The van der Waals surface area contributed by atoms with Crippen molar-refractivity contribution in [2.24, 2.45) is 0 Å². The number of nitrogens with zero attached hydrogens (tertiary/aromatic N) is 2. The Bertz CT molecular complexity index is 3170. The third kappa shape index (κ3) is 6.85. The van der Waals surface area contributed by atoms with Crippen LogP contribution in [-0.2, 0) is 43.3 Å². The summed E-state index contributed by atoms with van der Waals surface area (Å²) in [6.45, 7) is 46.1. The van der Waals surface area contributed by atoms with Gasteiger partial charge in [0, 0.05) is 33.6 Å². The van der Waals surface area contributed by atoms with Crippen LogP contribution >= 0.6 is 0 Å². The van der Waals surface area contributed by atoms with Crippen LogP contribution in [0.2, 0.25) is 0 Å². The Hall–Kier alpha value is -4.70. The fourth-order valence-electron chi connectivity index (χ4n) is 13.7. The molecule has 11 rings (SSSR count). The fourth-order valence-corrected chi connectivity index (χ4v) is 13.7.